The predicted molar refractivity (Wildman–Crippen MR) is 87.5 cm³/mol. The van der Waals surface area contributed by atoms with Crippen molar-refractivity contribution in [2.24, 2.45) is 0 Å². The fourth-order valence-corrected chi connectivity index (χ4v) is 3.12. The maximum Gasteiger partial charge on any atom is 0.410 e. The Bertz CT molecular complexity index is 549. The Kier molecular flexibility index (Phi) is 5.20. The molecule has 2 heterocycles. The molecule has 0 spiro atoms. The van der Waals surface area contributed by atoms with E-state index in [0.29, 0.717) is 29.9 Å². The summed E-state index contributed by atoms with van der Waals surface area (Å²) in [6, 6.07) is 1.69. The van der Waals surface area contributed by atoms with Crippen molar-refractivity contribution in [1.29, 1.82) is 0 Å². The second kappa shape index (κ2) is 6.60. The van der Waals surface area contributed by atoms with Crippen LogP contribution in [0.4, 0.5) is 4.79 Å². The number of piperazine rings is 1. The quantitative estimate of drug-likeness (QED) is 0.790. The van der Waals surface area contributed by atoms with Crippen molar-refractivity contribution in [3.63, 3.8) is 0 Å². The normalized spacial score (nSPS) is 19.2. The number of carbonyl (C=O) groups is 1. The zero-order chi connectivity index (χ0) is 16.5. The molecule has 1 aliphatic heterocycles. The Morgan fingerprint density at radius 2 is 2.14 bits per heavy atom. The third-order valence-corrected chi connectivity index (χ3v) is 3.84. The number of hydrogen-bond donors (Lipinski definition) is 1. The topological polar surface area (TPSA) is 54.5 Å². The van der Waals surface area contributed by atoms with Gasteiger partial charge in [-0.3, -0.25) is 0 Å². The zero-order valence-corrected chi connectivity index (χ0v) is 14.8. The molecule has 0 bridgehead atoms. The number of ether oxygens (including phenoxy) is 1. The van der Waals surface area contributed by atoms with Crippen LogP contribution < -0.4 is 5.32 Å². The molecule has 0 aromatic carbocycles. The monoisotopic (exact) mass is 345 g/mol. The molecule has 22 heavy (non-hydrogen) atoms. The molecule has 0 radical (unpaired) electrons. The lowest BCUT2D eigenvalue weighted by Gasteiger charge is -2.35. The number of amides is 1. The first-order chi connectivity index (χ1) is 10.2. The van der Waals surface area contributed by atoms with Crippen LogP contribution in [0.1, 0.15) is 37.9 Å². The van der Waals surface area contributed by atoms with Crippen molar-refractivity contribution in [3.8, 4) is 0 Å². The minimum atomic E-state index is -0.507. The second-order valence-corrected chi connectivity index (χ2v) is 7.14. The van der Waals surface area contributed by atoms with Crippen LogP contribution in [-0.4, -0.2) is 41.2 Å². The number of halogens is 2. The summed E-state index contributed by atoms with van der Waals surface area (Å²) in [5.74, 6) is 0. The van der Waals surface area contributed by atoms with Gasteiger partial charge in [0.1, 0.15) is 15.9 Å². The highest BCUT2D eigenvalue weighted by molar-refractivity contribution is 6.33. The summed E-state index contributed by atoms with van der Waals surface area (Å²) >= 11 is 12.1. The maximum atomic E-state index is 12.2. The third kappa shape index (κ3) is 4.24. The van der Waals surface area contributed by atoms with E-state index in [1.165, 1.54) is 0 Å². The van der Waals surface area contributed by atoms with Gasteiger partial charge in [0.05, 0.1) is 6.04 Å². The van der Waals surface area contributed by atoms with Gasteiger partial charge in [-0.25, -0.2) is 9.78 Å². The highest BCUT2D eigenvalue weighted by atomic mass is 35.5. The summed E-state index contributed by atoms with van der Waals surface area (Å²) in [5.41, 5.74) is 1.32. The minimum Gasteiger partial charge on any atom is -0.444 e. The molecule has 1 amide bonds. The smallest absolute Gasteiger partial charge is 0.410 e. The molecule has 0 aliphatic carbocycles. The number of pyridine rings is 1. The highest BCUT2D eigenvalue weighted by Gasteiger charge is 2.30. The van der Waals surface area contributed by atoms with Crippen molar-refractivity contribution in [3.05, 3.63) is 27.5 Å². The summed E-state index contributed by atoms with van der Waals surface area (Å²) in [5, 5.41) is 4.10. The van der Waals surface area contributed by atoms with Gasteiger partial charge in [-0.2, -0.15) is 0 Å². The van der Waals surface area contributed by atoms with E-state index in [0.717, 1.165) is 11.1 Å². The standard InChI is InChI=1S/C15H21Cl2N3O2/c1-9-7-11(16)19-13(17)12(9)10-8-20(6-5-18-10)14(21)22-15(2,3)4/h7,10,18H,5-6,8H2,1-4H3. The van der Waals surface area contributed by atoms with Crippen LogP contribution in [0.25, 0.3) is 0 Å². The Balaban J connectivity index is 2.16. The first kappa shape index (κ1) is 17.3. The van der Waals surface area contributed by atoms with Gasteiger partial charge >= 0.3 is 6.09 Å². The summed E-state index contributed by atoms with van der Waals surface area (Å²) in [6.07, 6.45) is -0.310. The summed E-state index contributed by atoms with van der Waals surface area (Å²) in [7, 11) is 0. The molecular weight excluding hydrogens is 325 g/mol. The highest BCUT2D eigenvalue weighted by Crippen LogP contribution is 2.29. The Morgan fingerprint density at radius 3 is 2.73 bits per heavy atom. The van der Waals surface area contributed by atoms with Gasteiger partial charge in [0.25, 0.3) is 0 Å². The molecule has 0 saturated carbocycles. The fraction of sp³-hybridized carbons (Fsp3) is 0.600. The lowest BCUT2D eigenvalue weighted by molar-refractivity contribution is 0.0194. The number of rotatable bonds is 1. The number of hydrogen-bond acceptors (Lipinski definition) is 4. The molecule has 1 unspecified atom stereocenters. The van der Waals surface area contributed by atoms with Crippen LogP contribution in [0.2, 0.25) is 10.3 Å². The minimum absolute atomic E-state index is 0.0847. The maximum absolute atomic E-state index is 12.2. The van der Waals surface area contributed by atoms with Gasteiger partial charge in [-0.05, 0) is 39.3 Å². The van der Waals surface area contributed by atoms with Crippen molar-refractivity contribution in [1.82, 2.24) is 15.2 Å². The van der Waals surface area contributed by atoms with Gasteiger partial charge in [0, 0.05) is 25.2 Å². The molecule has 1 saturated heterocycles. The zero-order valence-electron chi connectivity index (χ0n) is 13.2. The molecule has 1 atom stereocenters. The van der Waals surface area contributed by atoms with Gasteiger partial charge < -0.3 is 15.0 Å². The number of nitrogens with zero attached hydrogens (tertiary/aromatic N) is 2. The SMILES string of the molecule is Cc1cc(Cl)nc(Cl)c1C1CN(C(=O)OC(C)(C)C)CCN1. The van der Waals surface area contributed by atoms with E-state index in [1.807, 2.05) is 27.7 Å². The van der Waals surface area contributed by atoms with E-state index in [2.05, 4.69) is 10.3 Å². The average molecular weight is 346 g/mol. The first-order valence-electron chi connectivity index (χ1n) is 7.21. The van der Waals surface area contributed by atoms with Crippen molar-refractivity contribution in [2.75, 3.05) is 19.6 Å². The molecule has 1 fully saturated rings. The molecule has 1 aliphatic rings. The molecular formula is C15H21Cl2N3O2. The molecule has 1 N–H and O–H groups in total. The number of aromatic nitrogens is 1. The summed E-state index contributed by atoms with van der Waals surface area (Å²) < 4.78 is 5.43. The molecule has 1 aromatic rings. The molecule has 2 rings (SSSR count). The van der Waals surface area contributed by atoms with Crippen LogP contribution in [0, 0.1) is 6.92 Å². The van der Waals surface area contributed by atoms with Gasteiger partial charge in [-0.15, -0.1) is 0 Å². The van der Waals surface area contributed by atoms with Crippen LogP contribution in [0.15, 0.2) is 6.07 Å². The fourth-order valence-electron chi connectivity index (χ4n) is 2.46. The van der Waals surface area contributed by atoms with Crippen LogP contribution in [0.3, 0.4) is 0 Å². The van der Waals surface area contributed by atoms with E-state index in [9.17, 15) is 4.79 Å². The van der Waals surface area contributed by atoms with Crippen molar-refractivity contribution >= 4 is 29.3 Å². The Labute approximate surface area is 140 Å². The molecule has 5 nitrogen and oxygen atoms in total. The Morgan fingerprint density at radius 1 is 1.45 bits per heavy atom. The summed E-state index contributed by atoms with van der Waals surface area (Å²) in [6.45, 7) is 9.26. The number of nitrogens with one attached hydrogen (secondary N) is 1. The average Bonchev–Trinajstić information content (AvgIpc) is 2.35. The van der Waals surface area contributed by atoms with Crippen LogP contribution >= 0.6 is 23.2 Å². The number of carbonyl (C=O) groups excluding carboxylic acids is 1. The predicted octanol–water partition coefficient (Wildman–Crippen LogP) is 3.58. The second-order valence-electron chi connectivity index (χ2n) is 6.40. The summed E-state index contributed by atoms with van der Waals surface area (Å²) in [4.78, 5) is 18.0. The van der Waals surface area contributed by atoms with Gasteiger partial charge in [0.15, 0.2) is 0 Å². The van der Waals surface area contributed by atoms with E-state index < -0.39 is 5.60 Å². The van der Waals surface area contributed by atoms with Crippen molar-refractivity contribution in [2.45, 2.75) is 39.3 Å². The van der Waals surface area contributed by atoms with Crippen LogP contribution in [0.5, 0.6) is 0 Å². The van der Waals surface area contributed by atoms with E-state index in [1.54, 1.807) is 11.0 Å². The van der Waals surface area contributed by atoms with Gasteiger partial charge in [-0.1, -0.05) is 23.2 Å². The van der Waals surface area contributed by atoms with E-state index in [4.69, 9.17) is 27.9 Å². The van der Waals surface area contributed by atoms with E-state index >= 15 is 0 Å². The van der Waals surface area contributed by atoms with Crippen LogP contribution in [-0.2, 0) is 4.74 Å². The Hall–Kier alpha value is -1.04. The molecule has 7 heteroatoms. The van der Waals surface area contributed by atoms with Gasteiger partial charge in [0.2, 0.25) is 0 Å². The lowest BCUT2D eigenvalue weighted by Crippen LogP contribution is -2.50. The third-order valence-electron chi connectivity index (χ3n) is 3.36. The van der Waals surface area contributed by atoms with Crippen molar-refractivity contribution < 1.29 is 9.53 Å². The largest absolute Gasteiger partial charge is 0.444 e. The molecule has 122 valence electrons. The first-order valence-corrected chi connectivity index (χ1v) is 7.97. The number of aryl methyl sites for hydroxylation is 1. The molecule has 1 aromatic heterocycles. The lowest BCUT2D eigenvalue weighted by atomic mass is 10.0. The van der Waals surface area contributed by atoms with E-state index in [-0.39, 0.29) is 12.1 Å².